The third kappa shape index (κ3) is 2.06. The summed E-state index contributed by atoms with van der Waals surface area (Å²) in [5, 5.41) is 9.07. The first-order valence-corrected chi connectivity index (χ1v) is 4.97. The molecule has 0 spiro atoms. The molecule has 0 amide bonds. The number of carbonyl (C=O) groups is 1. The molecule has 0 aliphatic carbocycles. The van der Waals surface area contributed by atoms with Gasteiger partial charge in [-0.1, -0.05) is 11.6 Å². The molecule has 1 N–H and O–H groups in total. The number of aromatic nitrogens is 2. The van der Waals surface area contributed by atoms with Crippen LogP contribution in [0.1, 0.15) is 10.4 Å². The SMILES string of the molecule is Cn1ccc(-c2cc(C(=O)O)cc(Cl)n2)c1. The highest BCUT2D eigenvalue weighted by molar-refractivity contribution is 6.29. The Hall–Kier alpha value is -1.81. The third-order valence-electron chi connectivity index (χ3n) is 2.17. The van der Waals surface area contributed by atoms with E-state index in [0.717, 1.165) is 5.56 Å². The van der Waals surface area contributed by atoms with E-state index in [-0.39, 0.29) is 10.7 Å². The molecule has 0 bridgehead atoms. The van der Waals surface area contributed by atoms with Crippen LogP contribution in [0.2, 0.25) is 5.15 Å². The van der Waals surface area contributed by atoms with Gasteiger partial charge in [-0.2, -0.15) is 0 Å². The van der Waals surface area contributed by atoms with Gasteiger partial charge in [0.15, 0.2) is 0 Å². The van der Waals surface area contributed by atoms with E-state index >= 15 is 0 Å². The molecule has 0 aromatic carbocycles. The third-order valence-corrected chi connectivity index (χ3v) is 2.36. The van der Waals surface area contributed by atoms with Crippen LogP contribution in [0.15, 0.2) is 30.6 Å². The van der Waals surface area contributed by atoms with Gasteiger partial charge in [0.05, 0.1) is 11.3 Å². The minimum absolute atomic E-state index is 0.138. The van der Waals surface area contributed by atoms with Crippen LogP contribution in [-0.2, 0) is 7.05 Å². The molecule has 0 fully saturated rings. The molecule has 5 heteroatoms. The van der Waals surface area contributed by atoms with Crippen molar-refractivity contribution in [3.05, 3.63) is 41.3 Å². The monoisotopic (exact) mass is 236 g/mol. The summed E-state index contributed by atoms with van der Waals surface area (Å²) in [4.78, 5) is 14.9. The number of aryl methyl sites for hydroxylation is 1. The summed E-state index contributed by atoms with van der Waals surface area (Å²) in [5.74, 6) is -1.01. The molecule has 2 rings (SSSR count). The highest BCUT2D eigenvalue weighted by Crippen LogP contribution is 2.21. The molecule has 2 aromatic heterocycles. The maximum Gasteiger partial charge on any atom is 0.335 e. The smallest absolute Gasteiger partial charge is 0.335 e. The fourth-order valence-electron chi connectivity index (χ4n) is 1.42. The molecule has 0 atom stereocenters. The highest BCUT2D eigenvalue weighted by Gasteiger charge is 2.09. The average Bonchev–Trinajstić information content (AvgIpc) is 2.64. The Bertz CT molecular complexity index is 549. The van der Waals surface area contributed by atoms with Crippen LogP contribution in [-0.4, -0.2) is 20.6 Å². The Balaban J connectivity index is 2.53. The summed E-state index contributed by atoms with van der Waals surface area (Å²) < 4.78 is 1.86. The minimum Gasteiger partial charge on any atom is -0.478 e. The maximum absolute atomic E-state index is 10.9. The van der Waals surface area contributed by atoms with Crippen LogP contribution in [0.3, 0.4) is 0 Å². The molecule has 0 aliphatic heterocycles. The van der Waals surface area contributed by atoms with Gasteiger partial charge in [0.1, 0.15) is 5.15 Å². The van der Waals surface area contributed by atoms with E-state index < -0.39 is 5.97 Å². The first-order chi connectivity index (χ1) is 7.56. The van der Waals surface area contributed by atoms with Gasteiger partial charge in [-0.25, -0.2) is 9.78 Å². The van der Waals surface area contributed by atoms with Gasteiger partial charge in [-0.3, -0.25) is 0 Å². The van der Waals surface area contributed by atoms with Crippen molar-refractivity contribution in [2.24, 2.45) is 7.05 Å². The highest BCUT2D eigenvalue weighted by atomic mass is 35.5. The molecule has 0 aliphatic rings. The van der Waals surface area contributed by atoms with Crippen LogP contribution < -0.4 is 0 Å². The standard InChI is InChI=1S/C11H9ClN2O2/c1-14-3-2-7(6-14)9-4-8(11(15)16)5-10(12)13-9/h2-6H,1H3,(H,15,16). The van der Waals surface area contributed by atoms with Gasteiger partial charge in [-0.15, -0.1) is 0 Å². The van der Waals surface area contributed by atoms with Crippen molar-refractivity contribution in [2.45, 2.75) is 0 Å². The van der Waals surface area contributed by atoms with E-state index in [1.807, 2.05) is 30.1 Å². The van der Waals surface area contributed by atoms with Crippen molar-refractivity contribution in [1.29, 1.82) is 0 Å². The summed E-state index contributed by atoms with van der Waals surface area (Å²) in [6.45, 7) is 0. The van der Waals surface area contributed by atoms with Crippen molar-refractivity contribution in [3.63, 3.8) is 0 Å². The molecule has 0 unspecified atom stereocenters. The fourth-order valence-corrected chi connectivity index (χ4v) is 1.63. The predicted octanol–water partition coefficient (Wildman–Crippen LogP) is 2.44. The summed E-state index contributed by atoms with van der Waals surface area (Å²) in [6, 6.07) is 4.68. The van der Waals surface area contributed by atoms with E-state index in [1.54, 1.807) is 0 Å². The van der Waals surface area contributed by atoms with E-state index in [0.29, 0.717) is 5.69 Å². The molecule has 82 valence electrons. The second-order valence-electron chi connectivity index (χ2n) is 3.43. The quantitative estimate of drug-likeness (QED) is 0.815. The number of rotatable bonds is 2. The predicted molar refractivity (Wildman–Crippen MR) is 60.6 cm³/mol. The fraction of sp³-hybridized carbons (Fsp3) is 0.0909. The van der Waals surface area contributed by atoms with Crippen LogP contribution in [0.5, 0.6) is 0 Å². The van der Waals surface area contributed by atoms with E-state index in [1.165, 1.54) is 12.1 Å². The summed E-state index contributed by atoms with van der Waals surface area (Å²) in [7, 11) is 1.88. The van der Waals surface area contributed by atoms with Gasteiger partial charge in [0.2, 0.25) is 0 Å². The lowest BCUT2D eigenvalue weighted by molar-refractivity contribution is 0.0697. The summed E-state index contributed by atoms with van der Waals surface area (Å²) in [5.41, 5.74) is 1.54. The summed E-state index contributed by atoms with van der Waals surface area (Å²) in [6.07, 6.45) is 3.71. The van der Waals surface area contributed by atoms with Crippen molar-refractivity contribution in [3.8, 4) is 11.3 Å². The summed E-state index contributed by atoms with van der Waals surface area (Å²) >= 11 is 5.77. The van der Waals surface area contributed by atoms with Crippen LogP contribution in [0.4, 0.5) is 0 Å². The Morgan fingerprint density at radius 2 is 2.25 bits per heavy atom. The number of carboxylic acid groups (broad SMARTS) is 1. The Kier molecular flexibility index (Phi) is 2.66. The molecule has 4 nitrogen and oxygen atoms in total. The molecule has 2 heterocycles. The average molecular weight is 237 g/mol. The van der Waals surface area contributed by atoms with Gasteiger partial charge in [-0.05, 0) is 18.2 Å². The van der Waals surface area contributed by atoms with E-state index in [9.17, 15) is 4.79 Å². The molecule has 0 saturated heterocycles. The maximum atomic E-state index is 10.9. The van der Waals surface area contributed by atoms with Gasteiger partial charge < -0.3 is 9.67 Å². The second-order valence-corrected chi connectivity index (χ2v) is 3.82. The van der Waals surface area contributed by atoms with Gasteiger partial charge in [0.25, 0.3) is 0 Å². The molecular formula is C11H9ClN2O2. The number of aromatic carboxylic acids is 1. The van der Waals surface area contributed by atoms with E-state index in [2.05, 4.69) is 4.98 Å². The lowest BCUT2D eigenvalue weighted by atomic mass is 10.1. The van der Waals surface area contributed by atoms with Gasteiger partial charge in [0, 0.05) is 25.0 Å². The zero-order chi connectivity index (χ0) is 11.7. The molecule has 0 saturated carbocycles. The number of carboxylic acids is 1. The zero-order valence-corrected chi connectivity index (χ0v) is 9.27. The number of halogens is 1. The molecule has 2 aromatic rings. The second kappa shape index (κ2) is 3.98. The Morgan fingerprint density at radius 1 is 1.50 bits per heavy atom. The largest absolute Gasteiger partial charge is 0.478 e. The van der Waals surface area contributed by atoms with Crippen molar-refractivity contribution < 1.29 is 9.90 Å². The number of nitrogens with zero attached hydrogens (tertiary/aromatic N) is 2. The Morgan fingerprint density at radius 3 is 2.81 bits per heavy atom. The molecule has 16 heavy (non-hydrogen) atoms. The molecule has 0 radical (unpaired) electrons. The topological polar surface area (TPSA) is 55.1 Å². The lowest BCUT2D eigenvalue weighted by Gasteiger charge is -2.01. The number of hydrogen-bond donors (Lipinski definition) is 1. The van der Waals surface area contributed by atoms with Crippen molar-refractivity contribution in [2.75, 3.05) is 0 Å². The first-order valence-electron chi connectivity index (χ1n) is 4.59. The van der Waals surface area contributed by atoms with Gasteiger partial charge >= 0.3 is 5.97 Å². The molecular weight excluding hydrogens is 228 g/mol. The lowest BCUT2D eigenvalue weighted by Crippen LogP contribution is -1.98. The van der Waals surface area contributed by atoms with Crippen LogP contribution >= 0.6 is 11.6 Å². The minimum atomic E-state index is -1.01. The van der Waals surface area contributed by atoms with Crippen LogP contribution in [0, 0.1) is 0 Å². The zero-order valence-electron chi connectivity index (χ0n) is 8.51. The Labute approximate surface area is 97.1 Å². The van der Waals surface area contributed by atoms with Crippen molar-refractivity contribution >= 4 is 17.6 Å². The first kappa shape index (κ1) is 10.7. The number of hydrogen-bond acceptors (Lipinski definition) is 2. The number of pyridine rings is 1. The van der Waals surface area contributed by atoms with Crippen molar-refractivity contribution in [1.82, 2.24) is 9.55 Å². The van der Waals surface area contributed by atoms with Crippen LogP contribution in [0.25, 0.3) is 11.3 Å². The van der Waals surface area contributed by atoms with E-state index in [4.69, 9.17) is 16.7 Å². The normalized spacial score (nSPS) is 10.4.